The van der Waals surface area contributed by atoms with Gasteiger partial charge in [-0.15, -0.1) is 0 Å². The summed E-state index contributed by atoms with van der Waals surface area (Å²) < 4.78 is 38.4. The number of aryl methyl sites for hydroxylation is 2. The van der Waals surface area contributed by atoms with Crippen molar-refractivity contribution in [3.8, 4) is 11.5 Å². The second-order valence-corrected chi connectivity index (χ2v) is 11.6. The van der Waals surface area contributed by atoms with Gasteiger partial charge < -0.3 is 18.5 Å². The Balaban J connectivity index is 1.24. The van der Waals surface area contributed by atoms with Gasteiger partial charge in [-0.05, 0) is 108 Å². The van der Waals surface area contributed by atoms with Crippen LogP contribution in [0.25, 0.3) is 0 Å². The zero-order valence-corrected chi connectivity index (χ0v) is 23.6. The van der Waals surface area contributed by atoms with Crippen molar-refractivity contribution < 1.29 is 23.1 Å². The first-order valence-corrected chi connectivity index (χ1v) is 14.6. The molecule has 2 aliphatic carbocycles. The van der Waals surface area contributed by atoms with E-state index in [0.717, 1.165) is 70.6 Å². The number of ether oxygens (including phenoxy) is 2. The van der Waals surface area contributed by atoms with E-state index in [1.165, 1.54) is 0 Å². The third kappa shape index (κ3) is 7.50. The van der Waals surface area contributed by atoms with E-state index in [-0.39, 0.29) is 24.4 Å². The lowest BCUT2D eigenvalue weighted by Gasteiger charge is -2.31. The molecule has 0 radical (unpaired) electrons. The van der Waals surface area contributed by atoms with Crippen molar-refractivity contribution in [1.29, 1.82) is 0 Å². The zero-order valence-electron chi connectivity index (χ0n) is 19.5. The van der Waals surface area contributed by atoms with Crippen molar-refractivity contribution in [1.82, 2.24) is 9.97 Å². The Morgan fingerprint density at radius 2 is 1.15 bits per heavy atom. The molecule has 34 heavy (non-hydrogen) atoms. The summed E-state index contributed by atoms with van der Waals surface area (Å²) in [4.78, 5) is 8.78. The lowest BCUT2D eigenvalue weighted by molar-refractivity contribution is 0.0346. The Morgan fingerprint density at radius 3 is 1.56 bits per heavy atom. The van der Waals surface area contributed by atoms with Gasteiger partial charge in [0.05, 0.1) is 23.6 Å². The molecule has 0 spiro atoms. The monoisotopic (exact) mass is 616 g/mol. The normalized spacial score (nSPS) is 26.1. The summed E-state index contributed by atoms with van der Waals surface area (Å²) in [6.45, 7) is 3.86. The molecule has 4 rings (SSSR count). The molecule has 0 saturated heterocycles. The number of hydrogen-bond donors (Lipinski definition) is 0. The van der Waals surface area contributed by atoms with Crippen molar-refractivity contribution in [3.63, 3.8) is 0 Å². The second kappa shape index (κ2) is 12.3. The SMILES string of the molecule is Cc1nc(Br)ccc1OC1CCCC(O[PH](=O)OC2CCCC(Oc3ccc(Br)nc3C)C2)C1. The average molecular weight is 618 g/mol. The molecule has 0 amide bonds. The van der Waals surface area contributed by atoms with Gasteiger partial charge in [0.15, 0.2) is 0 Å². The number of pyridine rings is 2. The Labute approximate surface area is 218 Å². The van der Waals surface area contributed by atoms with E-state index in [4.69, 9.17) is 18.5 Å². The summed E-state index contributed by atoms with van der Waals surface area (Å²) in [5.74, 6) is 1.56. The van der Waals surface area contributed by atoms with E-state index in [9.17, 15) is 4.57 Å². The number of aromatic nitrogens is 2. The Kier molecular flexibility index (Phi) is 9.44. The first kappa shape index (κ1) is 26.1. The van der Waals surface area contributed by atoms with Gasteiger partial charge in [0, 0.05) is 12.8 Å². The highest BCUT2D eigenvalue weighted by Gasteiger charge is 2.29. The molecular weight excluding hydrogens is 587 g/mol. The summed E-state index contributed by atoms with van der Waals surface area (Å²) in [6, 6.07) is 7.61. The molecule has 0 aliphatic heterocycles. The Morgan fingerprint density at radius 1 is 0.735 bits per heavy atom. The molecular formula is C24H31Br2N2O5P. The third-order valence-electron chi connectivity index (χ3n) is 6.28. The molecule has 0 bridgehead atoms. The standard InChI is InChI=1S/C24H31Br2N2O5P/c1-15-21(9-11-23(25)27-15)30-17-5-3-7-19(13-17)32-34(29)33-20-8-4-6-18(14-20)31-22-10-12-24(26)28-16(22)2/h9-12,17-20,34H,3-8,13-14H2,1-2H3. The first-order valence-electron chi connectivity index (χ1n) is 11.8. The van der Waals surface area contributed by atoms with Crippen LogP contribution in [0.1, 0.15) is 62.8 Å². The molecule has 2 heterocycles. The molecule has 2 aliphatic rings. The number of halogens is 2. The molecule has 2 aromatic rings. The summed E-state index contributed by atoms with van der Waals surface area (Å²) in [6.07, 6.45) is 6.74. The molecule has 186 valence electrons. The largest absolute Gasteiger partial charge is 0.488 e. The highest BCUT2D eigenvalue weighted by Crippen LogP contribution is 2.38. The predicted molar refractivity (Wildman–Crippen MR) is 138 cm³/mol. The van der Waals surface area contributed by atoms with Crippen molar-refractivity contribution in [2.75, 3.05) is 0 Å². The van der Waals surface area contributed by atoms with Crippen LogP contribution in [0, 0.1) is 13.8 Å². The van der Waals surface area contributed by atoms with Crippen LogP contribution in [0.4, 0.5) is 0 Å². The topological polar surface area (TPSA) is 79.8 Å². The van der Waals surface area contributed by atoms with Crippen LogP contribution in [0.2, 0.25) is 0 Å². The number of hydrogen-bond acceptors (Lipinski definition) is 7. The lowest BCUT2D eigenvalue weighted by atomic mass is 9.95. The maximum atomic E-state index is 12.7. The summed E-state index contributed by atoms with van der Waals surface area (Å²) in [5.41, 5.74) is 1.69. The van der Waals surface area contributed by atoms with E-state index in [2.05, 4.69) is 41.8 Å². The summed E-state index contributed by atoms with van der Waals surface area (Å²) in [5, 5.41) is 0. The van der Waals surface area contributed by atoms with Crippen LogP contribution >= 0.6 is 40.1 Å². The fourth-order valence-corrected chi connectivity index (χ4v) is 6.40. The van der Waals surface area contributed by atoms with Crippen molar-refractivity contribution in [3.05, 3.63) is 44.9 Å². The molecule has 7 nitrogen and oxygen atoms in total. The van der Waals surface area contributed by atoms with Gasteiger partial charge in [0.1, 0.15) is 32.9 Å². The molecule has 2 saturated carbocycles. The molecule has 10 heteroatoms. The number of rotatable bonds is 8. The molecule has 0 N–H and O–H groups in total. The summed E-state index contributed by atoms with van der Waals surface area (Å²) >= 11 is 6.76. The predicted octanol–water partition coefficient (Wildman–Crippen LogP) is 7.12. The fraction of sp³-hybridized carbons (Fsp3) is 0.583. The van der Waals surface area contributed by atoms with Gasteiger partial charge in [0.25, 0.3) is 0 Å². The molecule has 2 fully saturated rings. The van der Waals surface area contributed by atoms with Crippen molar-refractivity contribution in [2.24, 2.45) is 0 Å². The highest BCUT2D eigenvalue weighted by molar-refractivity contribution is 9.10. The smallest absolute Gasteiger partial charge is 0.319 e. The van der Waals surface area contributed by atoms with E-state index in [0.29, 0.717) is 12.8 Å². The van der Waals surface area contributed by atoms with E-state index in [1.54, 1.807) is 0 Å². The Hall–Kier alpha value is -0.990. The van der Waals surface area contributed by atoms with Crippen molar-refractivity contribution in [2.45, 2.75) is 89.6 Å². The van der Waals surface area contributed by atoms with Crippen LogP contribution < -0.4 is 9.47 Å². The van der Waals surface area contributed by atoms with Gasteiger partial charge in [-0.1, -0.05) is 0 Å². The minimum atomic E-state index is -2.60. The van der Waals surface area contributed by atoms with Crippen molar-refractivity contribution >= 4 is 40.1 Å². The molecule has 4 atom stereocenters. The minimum Gasteiger partial charge on any atom is -0.488 e. The molecule has 2 aromatic heterocycles. The van der Waals surface area contributed by atoms with Crippen LogP contribution in [0.15, 0.2) is 33.5 Å². The van der Waals surface area contributed by atoms with Crippen LogP contribution in [-0.4, -0.2) is 34.4 Å². The lowest BCUT2D eigenvalue weighted by Crippen LogP contribution is -2.31. The van der Waals surface area contributed by atoms with Crippen LogP contribution in [-0.2, 0) is 13.6 Å². The quantitative estimate of drug-likeness (QED) is 0.230. The van der Waals surface area contributed by atoms with Gasteiger partial charge in [-0.2, -0.15) is 0 Å². The van der Waals surface area contributed by atoms with E-state index < -0.39 is 8.25 Å². The third-order valence-corrected chi connectivity index (χ3v) is 8.21. The average Bonchev–Trinajstić information content (AvgIpc) is 2.78. The zero-order chi connectivity index (χ0) is 24.1. The van der Waals surface area contributed by atoms with E-state index >= 15 is 0 Å². The highest BCUT2D eigenvalue weighted by atomic mass is 79.9. The van der Waals surface area contributed by atoms with Gasteiger partial charge in [0.2, 0.25) is 0 Å². The molecule has 4 unspecified atom stereocenters. The second-order valence-electron chi connectivity index (χ2n) is 8.98. The molecule has 0 aromatic carbocycles. The van der Waals surface area contributed by atoms with Crippen LogP contribution in [0.5, 0.6) is 11.5 Å². The Bertz CT molecular complexity index is 934. The maximum absolute atomic E-state index is 12.7. The van der Waals surface area contributed by atoms with Gasteiger partial charge in [-0.3, -0.25) is 4.57 Å². The van der Waals surface area contributed by atoms with Crippen LogP contribution in [0.3, 0.4) is 0 Å². The summed E-state index contributed by atoms with van der Waals surface area (Å²) in [7, 11) is -2.60. The van der Waals surface area contributed by atoms with E-state index in [1.807, 2.05) is 38.1 Å². The minimum absolute atomic E-state index is 0.0189. The number of nitrogens with zero attached hydrogens (tertiary/aromatic N) is 2. The first-order chi connectivity index (χ1) is 16.4. The maximum Gasteiger partial charge on any atom is 0.319 e. The van der Waals surface area contributed by atoms with Gasteiger partial charge >= 0.3 is 8.25 Å². The van der Waals surface area contributed by atoms with Gasteiger partial charge in [-0.25, -0.2) is 9.97 Å². The fourth-order valence-electron chi connectivity index (χ4n) is 4.58.